The van der Waals surface area contributed by atoms with Gasteiger partial charge in [0.15, 0.2) is 0 Å². The molecule has 0 radical (unpaired) electrons. The number of rotatable bonds is 3. The lowest BCUT2D eigenvalue weighted by Gasteiger charge is -2.25. The van der Waals surface area contributed by atoms with Gasteiger partial charge in [-0.25, -0.2) is 0 Å². The monoisotopic (exact) mass is 365 g/mol. The molecule has 1 amide bonds. The van der Waals surface area contributed by atoms with Gasteiger partial charge >= 0.3 is 6.18 Å². The van der Waals surface area contributed by atoms with Crippen molar-refractivity contribution >= 4 is 23.4 Å². The summed E-state index contributed by atoms with van der Waals surface area (Å²) in [6.45, 7) is 4.16. The molecule has 6 heteroatoms. The molecule has 2 aromatic carbocycles. The van der Waals surface area contributed by atoms with Gasteiger partial charge in [-0.1, -0.05) is 38.1 Å². The predicted octanol–water partition coefficient (Wildman–Crippen LogP) is 5.61. The van der Waals surface area contributed by atoms with Crippen molar-refractivity contribution in [3.63, 3.8) is 0 Å². The highest BCUT2D eigenvalue weighted by Gasteiger charge is 2.36. The largest absolute Gasteiger partial charge is 0.416 e. The topological polar surface area (TPSA) is 20.3 Å². The van der Waals surface area contributed by atoms with E-state index in [9.17, 15) is 18.0 Å². The van der Waals surface area contributed by atoms with Gasteiger partial charge in [-0.15, -0.1) is 11.8 Å². The van der Waals surface area contributed by atoms with Crippen molar-refractivity contribution < 1.29 is 18.0 Å². The van der Waals surface area contributed by atoms with Gasteiger partial charge in [0.2, 0.25) is 5.91 Å². The van der Waals surface area contributed by atoms with Crippen molar-refractivity contribution in [1.82, 2.24) is 0 Å². The number of hydrogen-bond acceptors (Lipinski definition) is 2. The van der Waals surface area contributed by atoms with Crippen molar-refractivity contribution in [1.29, 1.82) is 0 Å². The second-order valence-electron chi connectivity index (χ2n) is 6.30. The maximum Gasteiger partial charge on any atom is 0.416 e. The summed E-state index contributed by atoms with van der Waals surface area (Å²) < 4.78 is 39.0. The van der Waals surface area contributed by atoms with Crippen LogP contribution in [0.5, 0.6) is 0 Å². The molecule has 132 valence electrons. The summed E-state index contributed by atoms with van der Waals surface area (Å²) in [7, 11) is 0. The lowest BCUT2D eigenvalue weighted by molar-refractivity contribution is -0.137. The van der Waals surface area contributed by atoms with Gasteiger partial charge in [-0.2, -0.15) is 13.2 Å². The number of benzene rings is 2. The summed E-state index contributed by atoms with van der Waals surface area (Å²) in [5, 5.41) is -0.445. The van der Waals surface area contributed by atoms with Crippen LogP contribution in [0, 0.1) is 0 Å². The highest BCUT2D eigenvalue weighted by atomic mass is 32.2. The summed E-state index contributed by atoms with van der Waals surface area (Å²) in [4.78, 5) is 13.9. The molecule has 25 heavy (non-hydrogen) atoms. The maximum atomic E-state index is 13.0. The van der Waals surface area contributed by atoms with Crippen LogP contribution < -0.4 is 4.90 Å². The van der Waals surface area contributed by atoms with E-state index < -0.39 is 17.1 Å². The van der Waals surface area contributed by atoms with Crippen LogP contribution in [0.4, 0.5) is 18.9 Å². The van der Waals surface area contributed by atoms with Crippen molar-refractivity contribution in [3.8, 4) is 0 Å². The van der Waals surface area contributed by atoms with Gasteiger partial charge in [0, 0.05) is 5.69 Å². The van der Waals surface area contributed by atoms with Crippen LogP contribution in [0.2, 0.25) is 0 Å². The van der Waals surface area contributed by atoms with Crippen LogP contribution in [-0.2, 0) is 11.0 Å². The summed E-state index contributed by atoms with van der Waals surface area (Å²) in [5.41, 5.74) is 1.65. The van der Waals surface area contributed by atoms with Crippen LogP contribution in [0.15, 0.2) is 48.5 Å². The molecule has 2 aromatic rings. The molecule has 1 fully saturated rings. The number of carbonyl (C=O) groups excluding carboxylic acids is 1. The molecule has 0 aliphatic carbocycles. The molecule has 1 unspecified atom stereocenters. The van der Waals surface area contributed by atoms with Crippen LogP contribution in [-0.4, -0.2) is 11.7 Å². The van der Waals surface area contributed by atoms with E-state index in [-0.39, 0.29) is 11.7 Å². The molecule has 0 aromatic heterocycles. The van der Waals surface area contributed by atoms with E-state index in [4.69, 9.17) is 0 Å². The summed E-state index contributed by atoms with van der Waals surface area (Å²) >= 11 is 1.35. The highest BCUT2D eigenvalue weighted by Crippen LogP contribution is 2.43. The molecule has 0 bridgehead atoms. The van der Waals surface area contributed by atoms with Gasteiger partial charge in [-0.05, 0) is 41.3 Å². The number of amides is 1. The molecular formula is C19H18F3NOS. The first kappa shape index (κ1) is 17.9. The predicted molar refractivity (Wildman–Crippen MR) is 94.7 cm³/mol. The Labute approximate surface area is 149 Å². The third kappa shape index (κ3) is 3.68. The quantitative estimate of drug-likeness (QED) is 0.705. The Kier molecular flexibility index (Phi) is 4.82. The van der Waals surface area contributed by atoms with E-state index >= 15 is 0 Å². The lowest BCUT2D eigenvalue weighted by atomic mass is 10.0. The highest BCUT2D eigenvalue weighted by molar-refractivity contribution is 8.00. The smallest absolute Gasteiger partial charge is 0.295 e. The second-order valence-corrected chi connectivity index (χ2v) is 7.37. The van der Waals surface area contributed by atoms with Crippen LogP contribution in [0.25, 0.3) is 0 Å². The van der Waals surface area contributed by atoms with Gasteiger partial charge in [-0.3, -0.25) is 9.69 Å². The number of halogens is 3. The molecule has 3 rings (SSSR count). The third-order valence-electron chi connectivity index (χ3n) is 4.20. The molecule has 0 spiro atoms. The number of anilines is 1. The molecule has 0 saturated carbocycles. The Hall–Kier alpha value is -1.95. The minimum Gasteiger partial charge on any atom is -0.295 e. The Balaban J connectivity index is 1.95. The van der Waals surface area contributed by atoms with Gasteiger partial charge < -0.3 is 0 Å². The zero-order chi connectivity index (χ0) is 18.2. The Morgan fingerprint density at radius 3 is 2.40 bits per heavy atom. The van der Waals surface area contributed by atoms with Crippen molar-refractivity contribution in [3.05, 3.63) is 65.2 Å². The first-order chi connectivity index (χ1) is 11.8. The first-order valence-corrected chi connectivity index (χ1v) is 9.03. The SMILES string of the molecule is CC(C)c1ccc(N2C(=O)CSC2c2cccc(C(F)(F)F)c2)cc1. The van der Waals surface area contributed by atoms with Crippen LogP contribution >= 0.6 is 11.8 Å². The molecule has 1 saturated heterocycles. The molecule has 1 aliphatic rings. The zero-order valence-electron chi connectivity index (χ0n) is 13.9. The van der Waals surface area contributed by atoms with Crippen molar-refractivity contribution in [2.24, 2.45) is 0 Å². The van der Waals surface area contributed by atoms with E-state index in [0.717, 1.165) is 17.7 Å². The Morgan fingerprint density at radius 1 is 1.12 bits per heavy atom. The number of carbonyl (C=O) groups is 1. The van der Waals surface area contributed by atoms with E-state index in [1.165, 1.54) is 17.8 Å². The molecule has 1 aliphatic heterocycles. The zero-order valence-corrected chi connectivity index (χ0v) is 14.7. The molecule has 0 N–H and O–H groups in total. The maximum absolute atomic E-state index is 13.0. The fourth-order valence-electron chi connectivity index (χ4n) is 2.84. The number of nitrogens with zero attached hydrogens (tertiary/aromatic N) is 1. The minimum atomic E-state index is -4.40. The van der Waals surface area contributed by atoms with Crippen molar-refractivity contribution in [2.45, 2.75) is 31.3 Å². The fraction of sp³-hybridized carbons (Fsp3) is 0.316. The lowest BCUT2D eigenvalue weighted by Crippen LogP contribution is -2.28. The summed E-state index contributed by atoms with van der Waals surface area (Å²) in [5.74, 6) is 0.536. The van der Waals surface area contributed by atoms with E-state index in [1.54, 1.807) is 11.0 Å². The normalized spacial score (nSPS) is 18.2. The minimum absolute atomic E-state index is 0.0929. The molecule has 1 heterocycles. The van der Waals surface area contributed by atoms with E-state index in [2.05, 4.69) is 13.8 Å². The first-order valence-electron chi connectivity index (χ1n) is 7.98. The molecular weight excluding hydrogens is 347 g/mol. The average molecular weight is 365 g/mol. The Bertz CT molecular complexity index is 771. The van der Waals surface area contributed by atoms with E-state index in [0.29, 0.717) is 17.2 Å². The average Bonchev–Trinajstić information content (AvgIpc) is 2.96. The molecule has 2 nitrogen and oxygen atoms in total. The summed E-state index contributed by atoms with van der Waals surface area (Å²) in [6.07, 6.45) is -4.40. The number of hydrogen-bond donors (Lipinski definition) is 0. The van der Waals surface area contributed by atoms with Gasteiger partial charge in [0.05, 0.1) is 11.3 Å². The second kappa shape index (κ2) is 6.75. The Morgan fingerprint density at radius 2 is 1.80 bits per heavy atom. The standard InChI is InChI=1S/C19H18F3NOS/c1-12(2)13-6-8-16(9-7-13)23-17(24)11-25-18(23)14-4-3-5-15(10-14)19(20,21)22/h3-10,12,18H,11H2,1-2H3. The van der Waals surface area contributed by atoms with Gasteiger partial charge in [0.25, 0.3) is 0 Å². The van der Waals surface area contributed by atoms with Gasteiger partial charge in [0.1, 0.15) is 5.37 Å². The molecule has 1 atom stereocenters. The van der Waals surface area contributed by atoms with Crippen molar-refractivity contribution in [2.75, 3.05) is 10.7 Å². The van der Waals surface area contributed by atoms with E-state index in [1.807, 2.05) is 24.3 Å². The number of alkyl halides is 3. The summed E-state index contributed by atoms with van der Waals surface area (Å²) in [6, 6.07) is 12.8. The fourth-order valence-corrected chi connectivity index (χ4v) is 4.01. The third-order valence-corrected chi connectivity index (χ3v) is 5.42. The van der Waals surface area contributed by atoms with Crippen LogP contribution in [0.1, 0.15) is 41.8 Å². The number of thioether (sulfide) groups is 1. The van der Waals surface area contributed by atoms with Crippen LogP contribution in [0.3, 0.4) is 0 Å².